The fraction of sp³-hybridized carbons (Fsp3) is 0.562. The summed E-state index contributed by atoms with van der Waals surface area (Å²) in [6, 6.07) is 3.10. The van der Waals surface area contributed by atoms with Gasteiger partial charge in [0.05, 0.1) is 12.8 Å². The molecule has 1 aliphatic heterocycles. The Morgan fingerprint density at radius 2 is 2.09 bits per heavy atom. The van der Waals surface area contributed by atoms with Crippen molar-refractivity contribution in [1.29, 1.82) is 0 Å². The number of nitrogens with zero attached hydrogens (tertiary/aromatic N) is 1. The number of carboxylic acids is 1. The van der Waals surface area contributed by atoms with Crippen molar-refractivity contribution in [2.75, 3.05) is 6.54 Å². The number of rotatable bonds is 8. The monoisotopic (exact) mass is 322 g/mol. The molecule has 1 atom stereocenters. The van der Waals surface area contributed by atoms with Crippen LogP contribution < -0.4 is 5.32 Å². The molecule has 2 rings (SSSR count). The van der Waals surface area contributed by atoms with E-state index in [2.05, 4.69) is 5.32 Å². The number of likely N-dealkylation sites (tertiary alicyclic amines) is 1. The van der Waals surface area contributed by atoms with Crippen LogP contribution in [0.5, 0.6) is 0 Å². The summed E-state index contributed by atoms with van der Waals surface area (Å²) in [4.78, 5) is 36.5. The van der Waals surface area contributed by atoms with E-state index in [1.54, 1.807) is 23.3 Å². The first kappa shape index (κ1) is 17.1. The Labute approximate surface area is 134 Å². The molecule has 0 aliphatic carbocycles. The van der Waals surface area contributed by atoms with Crippen molar-refractivity contribution in [2.24, 2.45) is 0 Å². The molecule has 7 nitrogen and oxygen atoms in total. The van der Waals surface area contributed by atoms with Gasteiger partial charge in [0.2, 0.25) is 11.8 Å². The molecular weight excluding hydrogens is 300 g/mol. The van der Waals surface area contributed by atoms with Crippen LogP contribution in [-0.2, 0) is 20.9 Å². The first-order valence-corrected chi connectivity index (χ1v) is 7.89. The lowest BCUT2D eigenvalue weighted by molar-refractivity contribution is -0.139. The summed E-state index contributed by atoms with van der Waals surface area (Å²) in [6.45, 7) is 0.888. The number of amides is 2. The average molecular weight is 322 g/mol. The van der Waals surface area contributed by atoms with Gasteiger partial charge < -0.3 is 19.7 Å². The molecule has 0 radical (unpaired) electrons. The van der Waals surface area contributed by atoms with Crippen LogP contribution in [-0.4, -0.2) is 40.4 Å². The minimum Gasteiger partial charge on any atom is -0.481 e. The van der Waals surface area contributed by atoms with Crippen molar-refractivity contribution >= 4 is 17.8 Å². The zero-order valence-corrected chi connectivity index (χ0v) is 13.0. The van der Waals surface area contributed by atoms with E-state index >= 15 is 0 Å². The third-order valence-corrected chi connectivity index (χ3v) is 3.92. The van der Waals surface area contributed by atoms with Crippen molar-refractivity contribution in [3.05, 3.63) is 24.2 Å². The molecule has 1 aromatic rings. The summed E-state index contributed by atoms with van der Waals surface area (Å²) in [5.41, 5.74) is 0. The molecule has 1 fully saturated rings. The van der Waals surface area contributed by atoms with Gasteiger partial charge in [0.1, 0.15) is 11.8 Å². The number of carbonyl (C=O) groups is 3. The SMILES string of the molecule is O=C(O)CCCCC(=O)N1CCCC1C(=O)NCc1ccco1. The van der Waals surface area contributed by atoms with Crippen LogP contribution in [0.15, 0.2) is 22.8 Å². The summed E-state index contributed by atoms with van der Waals surface area (Å²) >= 11 is 0. The van der Waals surface area contributed by atoms with Gasteiger partial charge in [0, 0.05) is 19.4 Å². The minimum absolute atomic E-state index is 0.0698. The molecule has 1 aliphatic rings. The van der Waals surface area contributed by atoms with Crippen LogP contribution in [0.3, 0.4) is 0 Å². The third kappa shape index (κ3) is 5.12. The Morgan fingerprint density at radius 3 is 2.78 bits per heavy atom. The van der Waals surface area contributed by atoms with Gasteiger partial charge in [-0.25, -0.2) is 0 Å². The molecular formula is C16H22N2O5. The van der Waals surface area contributed by atoms with Crippen LogP contribution in [0.25, 0.3) is 0 Å². The number of hydrogen-bond donors (Lipinski definition) is 2. The number of unbranched alkanes of at least 4 members (excludes halogenated alkanes) is 1. The van der Waals surface area contributed by atoms with Crippen LogP contribution in [0.1, 0.15) is 44.3 Å². The Bertz CT molecular complexity index is 541. The highest BCUT2D eigenvalue weighted by Crippen LogP contribution is 2.19. The second kappa shape index (κ2) is 8.36. The Balaban J connectivity index is 1.77. The van der Waals surface area contributed by atoms with E-state index < -0.39 is 12.0 Å². The predicted molar refractivity (Wildman–Crippen MR) is 81.4 cm³/mol. The molecule has 7 heteroatoms. The Hall–Kier alpha value is -2.31. The molecule has 0 bridgehead atoms. The number of nitrogens with one attached hydrogen (secondary N) is 1. The molecule has 2 N–H and O–H groups in total. The lowest BCUT2D eigenvalue weighted by Crippen LogP contribution is -2.45. The van der Waals surface area contributed by atoms with E-state index in [4.69, 9.17) is 9.52 Å². The van der Waals surface area contributed by atoms with E-state index in [9.17, 15) is 14.4 Å². The van der Waals surface area contributed by atoms with E-state index in [1.807, 2.05) is 0 Å². The quantitative estimate of drug-likeness (QED) is 0.707. The molecule has 126 valence electrons. The first-order valence-electron chi connectivity index (χ1n) is 7.89. The van der Waals surface area contributed by atoms with Gasteiger partial charge in [-0.2, -0.15) is 0 Å². The summed E-state index contributed by atoms with van der Waals surface area (Å²) in [5.74, 6) is -0.430. The summed E-state index contributed by atoms with van der Waals surface area (Å²) in [6.07, 6.45) is 4.37. The molecule has 1 aromatic heterocycles. The van der Waals surface area contributed by atoms with Crippen LogP contribution >= 0.6 is 0 Å². The zero-order valence-electron chi connectivity index (χ0n) is 13.0. The van der Waals surface area contributed by atoms with Crippen molar-refractivity contribution < 1.29 is 23.9 Å². The largest absolute Gasteiger partial charge is 0.481 e. The molecule has 0 saturated carbocycles. The predicted octanol–water partition coefficient (Wildman–Crippen LogP) is 1.53. The molecule has 2 amide bonds. The van der Waals surface area contributed by atoms with Crippen LogP contribution in [0.4, 0.5) is 0 Å². The van der Waals surface area contributed by atoms with Crippen molar-refractivity contribution in [3.63, 3.8) is 0 Å². The van der Waals surface area contributed by atoms with Gasteiger partial charge in [0.15, 0.2) is 0 Å². The van der Waals surface area contributed by atoms with Gasteiger partial charge in [-0.05, 0) is 37.8 Å². The standard InChI is InChI=1S/C16H22N2O5/c19-14(7-1-2-8-15(20)21)18-9-3-6-13(18)16(22)17-11-12-5-4-10-23-12/h4-5,10,13H,1-3,6-9,11H2,(H,17,22)(H,20,21). The topological polar surface area (TPSA) is 99.9 Å². The second-order valence-corrected chi connectivity index (χ2v) is 5.64. The number of carboxylic acid groups (broad SMARTS) is 1. The summed E-state index contributed by atoms with van der Waals surface area (Å²) < 4.78 is 5.16. The van der Waals surface area contributed by atoms with Gasteiger partial charge >= 0.3 is 5.97 Å². The third-order valence-electron chi connectivity index (χ3n) is 3.92. The maximum atomic E-state index is 12.3. The lowest BCUT2D eigenvalue weighted by atomic mass is 10.1. The molecule has 2 heterocycles. The number of aliphatic carboxylic acids is 1. The highest BCUT2D eigenvalue weighted by atomic mass is 16.4. The van der Waals surface area contributed by atoms with Crippen LogP contribution in [0, 0.1) is 0 Å². The molecule has 1 saturated heterocycles. The second-order valence-electron chi connectivity index (χ2n) is 5.64. The van der Waals surface area contributed by atoms with Crippen molar-refractivity contribution in [3.8, 4) is 0 Å². The molecule has 0 aromatic carbocycles. The van der Waals surface area contributed by atoms with E-state index in [0.717, 1.165) is 6.42 Å². The lowest BCUT2D eigenvalue weighted by Gasteiger charge is -2.23. The fourth-order valence-electron chi connectivity index (χ4n) is 2.74. The number of furan rings is 1. The summed E-state index contributed by atoms with van der Waals surface area (Å²) in [7, 11) is 0. The highest BCUT2D eigenvalue weighted by molar-refractivity contribution is 5.88. The van der Waals surface area contributed by atoms with Gasteiger partial charge in [-0.15, -0.1) is 0 Å². The van der Waals surface area contributed by atoms with Crippen LogP contribution in [0.2, 0.25) is 0 Å². The normalized spacial score (nSPS) is 17.2. The molecule has 1 unspecified atom stereocenters. The fourth-order valence-corrected chi connectivity index (χ4v) is 2.74. The summed E-state index contributed by atoms with van der Waals surface area (Å²) in [5, 5.41) is 11.4. The number of hydrogen-bond acceptors (Lipinski definition) is 4. The van der Waals surface area contributed by atoms with Crippen molar-refractivity contribution in [2.45, 2.75) is 51.1 Å². The maximum Gasteiger partial charge on any atom is 0.303 e. The van der Waals surface area contributed by atoms with Crippen molar-refractivity contribution in [1.82, 2.24) is 10.2 Å². The van der Waals surface area contributed by atoms with E-state index in [0.29, 0.717) is 38.1 Å². The average Bonchev–Trinajstić information content (AvgIpc) is 3.19. The number of carbonyl (C=O) groups excluding carboxylic acids is 2. The Kier molecular flexibility index (Phi) is 6.19. The Morgan fingerprint density at radius 1 is 1.30 bits per heavy atom. The molecule has 23 heavy (non-hydrogen) atoms. The first-order chi connectivity index (χ1) is 11.1. The van der Waals surface area contributed by atoms with E-state index in [-0.39, 0.29) is 24.7 Å². The van der Waals surface area contributed by atoms with Gasteiger partial charge in [-0.1, -0.05) is 0 Å². The maximum absolute atomic E-state index is 12.3. The molecule has 0 spiro atoms. The van der Waals surface area contributed by atoms with Gasteiger partial charge in [-0.3, -0.25) is 14.4 Å². The smallest absolute Gasteiger partial charge is 0.303 e. The van der Waals surface area contributed by atoms with Gasteiger partial charge in [0.25, 0.3) is 0 Å². The minimum atomic E-state index is -0.853. The highest BCUT2D eigenvalue weighted by Gasteiger charge is 2.33. The zero-order chi connectivity index (χ0) is 16.7. The van der Waals surface area contributed by atoms with E-state index in [1.165, 1.54) is 0 Å².